The number of aromatic nitrogens is 2. The van der Waals surface area contributed by atoms with Crippen molar-refractivity contribution in [3.8, 4) is 0 Å². The van der Waals surface area contributed by atoms with Crippen molar-refractivity contribution >= 4 is 46.0 Å². The van der Waals surface area contributed by atoms with Crippen molar-refractivity contribution in [3.63, 3.8) is 0 Å². The van der Waals surface area contributed by atoms with Crippen molar-refractivity contribution in [3.05, 3.63) is 54.7 Å². The van der Waals surface area contributed by atoms with Crippen LogP contribution < -0.4 is 5.56 Å². The van der Waals surface area contributed by atoms with Crippen LogP contribution in [0.1, 0.15) is 25.4 Å². The Morgan fingerprint density at radius 2 is 2.10 bits per heavy atom. The minimum Gasteiger partial charge on any atom is -0.309 e. The number of nitrogens with one attached hydrogen (secondary N) is 1. The predicted octanol–water partition coefficient (Wildman–Crippen LogP) is 4.52. The number of hydrogen-bond acceptors (Lipinski definition) is 3. The first-order valence-corrected chi connectivity index (χ1v) is 9.06. The second kappa shape index (κ2) is 7.65. The highest BCUT2D eigenvalue weighted by Crippen LogP contribution is 2.28. The van der Waals surface area contributed by atoms with E-state index in [1.807, 2.05) is 24.3 Å². The summed E-state index contributed by atoms with van der Waals surface area (Å²) in [6.07, 6.45) is 0.811. The van der Waals surface area contributed by atoms with Gasteiger partial charge in [-0.1, -0.05) is 37.6 Å². The predicted molar refractivity (Wildman–Crippen MR) is 97.1 cm³/mol. The smallest absolute Gasteiger partial charge is 0.264 e. The van der Waals surface area contributed by atoms with Crippen LogP contribution >= 0.6 is 46.0 Å². The van der Waals surface area contributed by atoms with Gasteiger partial charge in [0.05, 0.1) is 20.0 Å². The molecule has 0 bridgehead atoms. The van der Waals surface area contributed by atoms with Crippen molar-refractivity contribution in [2.75, 3.05) is 0 Å². The number of nitrogens with zero attached hydrogens (tertiary/aromatic N) is 1. The summed E-state index contributed by atoms with van der Waals surface area (Å²) in [4.78, 5) is 20.4. The maximum absolute atomic E-state index is 12.0. The molecule has 3 nitrogen and oxygen atoms in total. The molecule has 1 aromatic heterocycles. The summed E-state index contributed by atoms with van der Waals surface area (Å²) in [6.45, 7) is 4.24. The quantitative estimate of drug-likeness (QED) is 0.556. The van der Waals surface area contributed by atoms with Gasteiger partial charge in [-0.05, 0) is 47.1 Å². The monoisotopic (exact) mass is 434 g/mol. The third-order valence-electron chi connectivity index (χ3n) is 2.78. The van der Waals surface area contributed by atoms with Gasteiger partial charge in [-0.3, -0.25) is 4.79 Å². The van der Waals surface area contributed by atoms with Gasteiger partial charge in [-0.15, -0.1) is 11.8 Å². The Bertz CT molecular complexity index is 688. The molecule has 0 fully saturated rings. The molecular weight excluding hydrogens is 419 g/mol. The van der Waals surface area contributed by atoms with Crippen LogP contribution in [-0.4, -0.2) is 9.97 Å². The Labute approximate surface area is 147 Å². The summed E-state index contributed by atoms with van der Waals surface area (Å²) in [7, 11) is 0. The number of H-pyrrole nitrogens is 1. The summed E-state index contributed by atoms with van der Waals surface area (Å²) >= 11 is 9.77. The molecule has 0 aliphatic heterocycles. The number of halogens is 2. The molecule has 2 aromatic rings. The van der Waals surface area contributed by atoms with E-state index < -0.39 is 0 Å². The molecule has 0 saturated heterocycles. The van der Waals surface area contributed by atoms with E-state index in [1.165, 1.54) is 0 Å². The van der Waals surface area contributed by atoms with Gasteiger partial charge in [-0.25, -0.2) is 4.98 Å². The average Bonchev–Trinajstić information content (AvgIpc) is 2.42. The van der Waals surface area contributed by atoms with E-state index >= 15 is 0 Å². The lowest BCUT2D eigenvalue weighted by Gasteiger charge is -2.09. The molecule has 0 unspecified atom stereocenters. The summed E-state index contributed by atoms with van der Waals surface area (Å²) in [5.74, 6) is 1.76. The van der Waals surface area contributed by atoms with Gasteiger partial charge in [0.25, 0.3) is 5.56 Å². The topological polar surface area (TPSA) is 45.8 Å². The second-order valence-corrected chi connectivity index (χ2v) is 7.59. The molecule has 1 aromatic carbocycles. The number of thioether (sulfide) groups is 1. The largest absolute Gasteiger partial charge is 0.309 e. The zero-order chi connectivity index (χ0) is 15.4. The van der Waals surface area contributed by atoms with Crippen LogP contribution in [0, 0.1) is 9.49 Å². The summed E-state index contributed by atoms with van der Waals surface area (Å²) in [5, 5.41) is 0.720. The molecule has 21 heavy (non-hydrogen) atoms. The van der Waals surface area contributed by atoms with Crippen LogP contribution in [-0.2, 0) is 12.2 Å². The molecule has 1 heterocycles. The molecule has 0 radical (unpaired) electrons. The van der Waals surface area contributed by atoms with Gasteiger partial charge in [-0.2, -0.15) is 0 Å². The van der Waals surface area contributed by atoms with Crippen molar-refractivity contribution in [2.45, 2.75) is 30.9 Å². The Hall–Kier alpha value is -0.530. The highest BCUT2D eigenvalue weighted by Gasteiger charge is 2.11. The van der Waals surface area contributed by atoms with E-state index in [1.54, 1.807) is 11.8 Å². The number of hydrogen-bond donors (Lipinski definition) is 1. The molecule has 2 rings (SSSR count). The van der Waals surface area contributed by atoms with Gasteiger partial charge in [0.2, 0.25) is 0 Å². The summed E-state index contributed by atoms with van der Waals surface area (Å²) in [5.41, 5.74) is 0.820. The minimum atomic E-state index is -0.0593. The Morgan fingerprint density at radius 3 is 2.76 bits per heavy atom. The zero-order valence-corrected chi connectivity index (χ0v) is 15.6. The van der Waals surface area contributed by atoms with Gasteiger partial charge in [0.15, 0.2) is 0 Å². The summed E-state index contributed by atoms with van der Waals surface area (Å²) in [6, 6.07) is 7.67. The lowest BCUT2D eigenvalue weighted by atomic mass is 10.1. The Balaban J connectivity index is 2.19. The third-order valence-corrected chi connectivity index (χ3v) is 5.42. The Morgan fingerprint density at radius 1 is 1.38 bits per heavy atom. The van der Waals surface area contributed by atoms with Gasteiger partial charge in [0, 0.05) is 4.90 Å². The van der Waals surface area contributed by atoms with Crippen LogP contribution in [0.2, 0.25) is 5.02 Å². The van der Waals surface area contributed by atoms with Crippen molar-refractivity contribution in [1.29, 1.82) is 0 Å². The molecule has 1 N–H and O–H groups in total. The first-order valence-electron chi connectivity index (χ1n) is 6.62. The van der Waals surface area contributed by atoms with E-state index in [-0.39, 0.29) is 5.56 Å². The molecule has 0 spiro atoms. The number of benzene rings is 1. The third kappa shape index (κ3) is 4.72. The van der Waals surface area contributed by atoms with Gasteiger partial charge in [0.1, 0.15) is 5.82 Å². The highest BCUT2D eigenvalue weighted by molar-refractivity contribution is 14.1. The average molecular weight is 435 g/mol. The van der Waals surface area contributed by atoms with E-state index in [2.05, 4.69) is 46.4 Å². The molecule has 0 aliphatic rings. The van der Waals surface area contributed by atoms with E-state index in [4.69, 9.17) is 11.6 Å². The van der Waals surface area contributed by atoms with Gasteiger partial charge < -0.3 is 4.98 Å². The number of rotatable bonds is 5. The maximum atomic E-state index is 12.0. The molecule has 0 atom stereocenters. The molecule has 6 heteroatoms. The van der Waals surface area contributed by atoms with Crippen LogP contribution in [0.15, 0.2) is 34.0 Å². The van der Waals surface area contributed by atoms with Crippen molar-refractivity contribution in [2.24, 2.45) is 5.92 Å². The molecule has 0 aliphatic carbocycles. The van der Waals surface area contributed by atoms with Crippen LogP contribution in [0.5, 0.6) is 0 Å². The maximum Gasteiger partial charge on any atom is 0.264 e. The van der Waals surface area contributed by atoms with Crippen molar-refractivity contribution < 1.29 is 0 Å². The minimum absolute atomic E-state index is 0.0593. The second-order valence-electron chi connectivity index (χ2n) is 5.09. The first-order chi connectivity index (χ1) is 9.97. The lowest BCUT2D eigenvalue weighted by Crippen LogP contribution is -2.18. The fraction of sp³-hybridized carbons (Fsp3) is 0.333. The zero-order valence-electron chi connectivity index (χ0n) is 11.8. The number of aromatic amines is 1. The van der Waals surface area contributed by atoms with Crippen LogP contribution in [0.4, 0.5) is 0 Å². The molecule has 0 amide bonds. The Kier molecular flexibility index (Phi) is 6.13. The lowest BCUT2D eigenvalue weighted by molar-refractivity contribution is 0.627. The molecule has 112 valence electrons. The fourth-order valence-corrected chi connectivity index (χ4v) is 3.44. The normalized spacial score (nSPS) is 11.1. The van der Waals surface area contributed by atoms with E-state index in [9.17, 15) is 4.79 Å². The first kappa shape index (κ1) is 16.8. The van der Waals surface area contributed by atoms with E-state index in [0.29, 0.717) is 21.1 Å². The van der Waals surface area contributed by atoms with Crippen molar-refractivity contribution in [1.82, 2.24) is 9.97 Å². The SMILES string of the molecule is CC(C)Cc1nc(CSc2ccccc2Cl)[nH]c(=O)c1I. The van der Waals surface area contributed by atoms with Crippen LogP contribution in [0.25, 0.3) is 0 Å². The molecule has 0 saturated carbocycles. The van der Waals surface area contributed by atoms with Crippen LogP contribution in [0.3, 0.4) is 0 Å². The standard InChI is InChI=1S/C15H16ClIN2OS/c1-9(2)7-11-14(17)15(20)19-13(18-11)8-21-12-6-4-3-5-10(12)16/h3-6,9H,7-8H2,1-2H3,(H,18,19,20). The van der Waals surface area contributed by atoms with E-state index in [0.717, 1.165) is 22.0 Å². The fourth-order valence-electron chi connectivity index (χ4n) is 1.86. The van der Waals surface area contributed by atoms with Gasteiger partial charge >= 0.3 is 0 Å². The summed E-state index contributed by atoms with van der Waals surface area (Å²) < 4.78 is 0.688. The highest BCUT2D eigenvalue weighted by atomic mass is 127. The molecular formula is C15H16ClIN2OS.